The summed E-state index contributed by atoms with van der Waals surface area (Å²) < 4.78 is 5.61. The van der Waals surface area contributed by atoms with Gasteiger partial charge in [0, 0.05) is 16.5 Å². The molecule has 2 N–H and O–H groups in total. The van der Waals surface area contributed by atoms with Gasteiger partial charge in [-0.3, -0.25) is 4.79 Å². The Morgan fingerprint density at radius 1 is 1.40 bits per heavy atom. The topological polar surface area (TPSA) is 56.2 Å². The Balaban J connectivity index is 2.31. The predicted molar refractivity (Wildman–Crippen MR) is 57.5 cm³/mol. The van der Waals surface area contributed by atoms with Crippen molar-refractivity contribution < 1.29 is 9.21 Å². The third-order valence-corrected chi connectivity index (χ3v) is 2.70. The zero-order chi connectivity index (χ0) is 10.4. The molecule has 0 saturated heterocycles. The van der Waals surface area contributed by atoms with E-state index in [0.717, 1.165) is 28.7 Å². The van der Waals surface area contributed by atoms with E-state index in [4.69, 9.17) is 10.2 Å². The van der Waals surface area contributed by atoms with Crippen LogP contribution in [0.3, 0.4) is 0 Å². The lowest BCUT2D eigenvalue weighted by atomic mass is 10.1. The van der Waals surface area contributed by atoms with Gasteiger partial charge in [0.05, 0.1) is 0 Å². The summed E-state index contributed by atoms with van der Waals surface area (Å²) in [5, 5.41) is 0.992. The van der Waals surface area contributed by atoms with E-state index in [1.807, 2.05) is 12.2 Å². The minimum absolute atomic E-state index is 0.405. The van der Waals surface area contributed by atoms with Crippen LogP contribution < -0.4 is 5.73 Å². The highest BCUT2D eigenvalue weighted by atomic mass is 16.3. The Labute approximate surface area is 86.2 Å². The molecule has 0 unspecified atom stereocenters. The summed E-state index contributed by atoms with van der Waals surface area (Å²) in [5.41, 5.74) is 7.72. The van der Waals surface area contributed by atoms with Crippen LogP contribution in [-0.4, -0.2) is 5.91 Å². The minimum Gasteiger partial charge on any atom is -0.456 e. The molecular weight excluding hydrogens is 190 g/mol. The number of hydrogen-bond donors (Lipinski definition) is 1. The van der Waals surface area contributed by atoms with Crippen molar-refractivity contribution in [2.24, 2.45) is 5.73 Å². The third-order valence-electron chi connectivity index (χ3n) is 2.70. The van der Waals surface area contributed by atoms with E-state index < -0.39 is 5.91 Å². The lowest BCUT2D eigenvalue weighted by molar-refractivity contribution is 0.100. The first-order valence-electron chi connectivity index (χ1n) is 4.77. The maximum absolute atomic E-state index is 11.0. The molecule has 74 valence electrons. The average molecular weight is 199 g/mol. The minimum atomic E-state index is -0.405. The van der Waals surface area contributed by atoms with Crippen LogP contribution >= 0.6 is 0 Å². The largest absolute Gasteiger partial charge is 0.456 e. The molecule has 0 spiro atoms. The van der Waals surface area contributed by atoms with Crippen molar-refractivity contribution in [2.45, 2.75) is 6.42 Å². The Morgan fingerprint density at radius 2 is 2.27 bits per heavy atom. The number of primary amides is 1. The first-order valence-corrected chi connectivity index (χ1v) is 4.77. The van der Waals surface area contributed by atoms with Gasteiger partial charge in [-0.25, -0.2) is 0 Å². The molecule has 3 nitrogen and oxygen atoms in total. The van der Waals surface area contributed by atoms with E-state index in [2.05, 4.69) is 0 Å². The molecule has 0 aliphatic heterocycles. The van der Waals surface area contributed by atoms with Crippen LogP contribution in [0.5, 0.6) is 0 Å². The van der Waals surface area contributed by atoms with Crippen molar-refractivity contribution >= 4 is 23.0 Å². The Hall–Kier alpha value is -2.03. The molecule has 0 bridgehead atoms. The number of amides is 1. The second-order valence-corrected chi connectivity index (χ2v) is 3.63. The van der Waals surface area contributed by atoms with Gasteiger partial charge in [0.25, 0.3) is 0 Å². The molecule has 0 saturated carbocycles. The molecule has 1 aromatic carbocycles. The van der Waals surface area contributed by atoms with Crippen LogP contribution in [0.25, 0.3) is 17.0 Å². The maximum Gasteiger partial charge on any atom is 0.248 e. The van der Waals surface area contributed by atoms with Crippen LogP contribution in [0.2, 0.25) is 0 Å². The number of benzene rings is 1. The molecule has 0 atom stereocenters. The highest BCUT2D eigenvalue weighted by molar-refractivity contribution is 5.98. The fourth-order valence-corrected chi connectivity index (χ4v) is 1.95. The zero-order valence-electron chi connectivity index (χ0n) is 7.99. The molecule has 1 aliphatic rings. The van der Waals surface area contributed by atoms with Crippen LogP contribution in [0.1, 0.15) is 21.7 Å². The Bertz CT molecular complexity index is 593. The lowest BCUT2D eigenvalue weighted by Crippen LogP contribution is -2.10. The van der Waals surface area contributed by atoms with Crippen molar-refractivity contribution in [3.05, 3.63) is 41.2 Å². The first-order chi connectivity index (χ1) is 7.25. The number of furan rings is 1. The van der Waals surface area contributed by atoms with Crippen LogP contribution in [-0.2, 0) is 6.42 Å². The zero-order valence-corrected chi connectivity index (χ0v) is 7.99. The highest BCUT2D eigenvalue weighted by Gasteiger charge is 2.15. The van der Waals surface area contributed by atoms with Crippen molar-refractivity contribution in [3.8, 4) is 0 Å². The van der Waals surface area contributed by atoms with Gasteiger partial charge in [0.15, 0.2) is 0 Å². The van der Waals surface area contributed by atoms with Crippen LogP contribution in [0.4, 0.5) is 0 Å². The van der Waals surface area contributed by atoms with Crippen LogP contribution in [0, 0.1) is 0 Å². The SMILES string of the molecule is NC(=O)c1ccc2oc3c(c2c1)CC=C3. The van der Waals surface area contributed by atoms with Crippen molar-refractivity contribution in [1.29, 1.82) is 0 Å². The van der Waals surface area contributed by atoms with E-state index >= 15 is 0 Å². The Morgan fingerprint density at radius 3 is 3.07 bits per heavy atom. The van der Waals surface area contributed by atoms with Gasteiger partial charge in [0.2, 0.25) is 5.91 Å². The second kappa shape index (κ2) is 2.73. The average Bonchev–Trinajstić information content (AvgIpc) is 2.75. The van der Waals surface area contributed by atoms with Crippen molar-refractivity contribution in [2.75, 3.05) is 0 Å². The maximum atomic E-state index is 11.0. The standard InChI is InChI=1S/C12H9NO2/c13-12(14)7-4-5-11-9(6-7)8-2-1-3-10(8)15-11/h1,3-6H,2H2,(H2,13,14). The molecule has 15 heavy (non-hydrogen) atoms. The van der Waals surface area contributed by atoms with E-state index in [-0.39, 0.29) is 0 Å². The molecule has 1 heterocycles. The lowest BCUT2D eigenvalue weighted by Gasteiger charge is -1.95. The van der Waals surface area contributed by atoms with Gasteiger partial charge in [-0.1, -0.05) is 6.08 Å². The summed E-state index contributed by atoms with van der Waals surface area (Å²) in [7, 11) is 0. The van der Waals surface area contributed by atoms with Crippen LogP contribution in [0.15, 0.2) is 28.7 Å². The number of rotatable bonds is 1. The summed E-state index contributed by atoms with van der Waals surface area (Å²) in [6, 6.07) is 5.28. The van der Waals surface area contributed by atoms with E-state index in [1.54, 1.807) is 18.2 Å². The number of allylic oxidation sites excluding steroid dienone is 1. The van der Waals surface area contributed by atoms with Crippen molar-refractivity contribution in [1.82, 2.24) is 0 Å². The summed E-state index contributed by atoms with van der Waals surface area (Å²) in [6.45, 7) is 0. The van der Waals surface area contributed by atoms with Gasteiger partial charge in [0.1, 0.15) is 11.3 Å². The molecule has 1 aromatic heterocycles. The molecule has 1 aliphatic carbocycles. The number of fused-ring (bicyclic) bond motifs is 3. The normalized spacial score (nSPS) is 13.3. The van der Waals surface area contributed by atoms with Gasteiger partial charge in [-0.15, -0.1) is 0 Å². The van der Waals surface area contributed by atoms with Gasteiger partial charge in [-0.2, -0.15) is 0 Å². The van der Waals surface area contributed by atoms with Gasteiger partial charge in [-0.05, 0) is 30.7 Å². The van der Waals surface area contributed by atoms with E-state index in [1.165, 1.54) is 0 Å². The molecule has 3 heteroatoms. The molecule has 0 radical (unpaired) electrons. The summed E-state index contributed by atoms with van der Waals surface area (Å²) in [5.74, 6) is 0.490. The first kappa shape index (κ1) is 8.29. The number of nitrogens with two attached hydrogens (primary N) is 1. The Kier molecular flexibility index (Phi) is 1.51. The molecule has 1 amide bonds. The number of carbonyl (C=O) groups is 1. The number of hydrogen-bond acceptors (Lipinski definition) is 2. The second-order valence-electron chi connectivity index (χ2n) is 3.63. The number of carbonyl (C=O) groups excluding carboxylic acids is 1. The molecule has 0 fully saturated rings. The summed E-state index contributed by atoms with van der Waals surface area (Å²) >= 11 is 0. The van der Waals surface area contributed by atoms with Gasteiger partial charge < -0.3 is 10.2 Å². The quantitative estimate of drug-likeness (QED) is 0.764. The summed E-state index contributed by atoms with van der Waals surface area (Å²) in [4.78, 5) is 11.0. The fraction of sp³-hybridized carbons (Fsp3) is 0.0833. The molecule has 3 rings (SSSR count). The molecular formula is C12H9NO2. The van der Waals surface area contributed by atoms with Gasteiger partial charge >= 0.3 is 0 Å². The predicted octanol–water partition coefficient (Wildman–Crippen LogP) is 2.10. The summed E-state index contributed by atoms with van der Waals surface area (Å²) in [6.07, 6.45) is 4.87. The fourth-order valence-electron chi connectivity index (χ4n) is 1.95. The smallest absolute Gasteiger partial charge is 0.248 e. The van der Waals surface area contributed by atoms with E-state index in [0.29, 0.717) is 5.56 Å². The molecule has 2 aromatic rings. The third kappa shape index (κ3) is 1.09. The highest BCUT2D eigenvalue weighted by Crippen LogP contribution is 2.31. The van der Waals surface area contributed by atoms with Crippen molar-refractivity contribution in [3.63, 3.8) is 0 Å². The van der Waals surface area contributed by atoms with E-state index in [9.17, 15) is 4.79 Å². The monoisotopic (exact) mass is 199 g/mol.